The van der Waals surface area contributed by atoms with Gasteiger partial charge in [0.25, 0.3) is 10.1 Å². The van der Waals surface area contributed by atoms with E-state index in [0.29, 0.717) is 18.0 Å². The van der Waals surface area contributed by atoms with Gasteiger partial charge >= 0.3 is 0 Å². The molecule has 0 bridgehead atoms. The Balaban J connectivity index is 0.00000312. The molecule has 7 nitrogen and oxygen atoms in total. The van der Waals surface area contributed by atoms with E-state index in [-0.39, 0.29) is 35.8 Å². The van der Waals surface area contributed by atoms with Crippen LogP contribution in [-0.4, -0.2) is 36.5 Å². The Bertz CT molecular complexity index is 751. The third kappa shape index (κ3) is 8.30. The molecule has 4 N–H and O–H groups in total. The number of anilines is 1. The van der Waals surface area contributed by atoms with Crippen LogP contribution in [-0.2, 0) is 23.1 Å². The van der Waals surface area contributed by atoms with Crippen molar-refractivity contribution in [2.75, 3.05) is 18.1 Å². The van der Waals surface area contributed by atoms with E-state index in [0.717, 1.165) is 5.56 Å². The molecule has 1 unspecified atom stereocenters. The largest absolute Gasteiger partial charge is 0.491 e. The van der Waals surface area contributed by atoms with Crippen LogP contribution in [0.4, 0.5) is 5.69 Å². The summed E-state index contributed by atoms with van der Waals surface area (Å²) in [6, 6.07) is 10.4. The Morgan fingerprint density at radius 3 is 2.28 bits per heavy atom. The molecule has 0 amide bonds. The molecule has 0 aliphatic rings. The molecule has 0 radical (unpaired) electrons. The molecule has 25 heavy (non-hydrogen) atoms. The molecule has 1 aromatic heterocycles. The van der Waals surface area contributed by atoms with Gasteiger partial charge in [-0.3, -0.25) is 4.55 Å². The maximum Gasteiger partial charge on any atom is 0.265 e. The SMILES string of the molecule is Br.Nc1ccc(OCC(O)C[n+]2ccc(CCS(=O)(=O)O)cc2)cc1. The van der Waals surface area contributed by atoms with E-state index in [1.807, 2.05) is 0 Å². The predicted octanol–water partition coefficient (Wildman–Crippen LogP) is 1.00. The Hall–Kier alpha value is -1.68. The second kappa shape index (κ2) is 9.71. The number of nitrogens with two attached hydrogens (primary N) is 1. The van der Waals surface area contributed by atoms with Gasteiger partial charge in [-0.15, -0.1) is 17.0 Å². The lowest BCUT2D eigenvalue weighted by Crippen LogP contribution is -2.41. The summed E-state index contributed by atoms with van der Waals surface area (Å²) < 4.78 is 37.4. The van der Waals surface area contributed by atoms with Crippen LogP contribution in [0.2, 0.25) is 0 Å². The van der Waals surface area contributed by atoms with Gasteiger partial charge in [-0.2, -0.15) is 8.42 Å². The number of aliphatic hydroxyl groups excluding tert-OH is 1. The minimum Gasteiger partial charge on any atom is -0.491 e. The summed E-state index contributed by atoms with van der Waals surface area (Å²) >= 11 is 0. The van der Waals surface area contributed by atoms with E-state index >= 15 is 0 Å². The highest BCUT2D eigenvalue weighted by molar-refractivity contribution is 8.93. The fourth-order valence-electron chi connectivity index (χ4n) is 2.08. The van der Waals surface area contributed by atoms with Crippen molar-refractivity contribution < 1.29 is 27.4 Å². The zero-order chi connectivity index (χ0) is 17.6. The molecule has 1 heterocycles. The maximum absolute atomic E-state index is 10.7. The molecule has 1 aromatic carbocycles. The van der Waals surface area contributed by atoms with Crippen LogP contribution in [0.15, 0.2) is 48.8 Å². The lowest BCUT2D eigenvalue weighted by Gasteiger charge is -2.10. The Morgan fingerprint density at radius 1 is 1.12 bits per heavy atom. The first-order valence-electron chi connectivity index (χ1n) is 7.41. The average molecular weight is 434 g/mol. The fourth-order valence-corrected chi connectivity index (χ4v) is 2.57. The minimum absolute atomic E-state index is 0. The van der Waals surface area contributed by atoms with Crippen LogP contribution in [0, 0.1) is 0 Å². The van der Waals surface area contributed by atoms with Gasteiger partial charge < -0.3 is 15.6 Å². The molecular weight excluding hydrogens is 412 g/mol. The van der Waals surface area contributed by atoms with Crippen LogP contribution >= 0.6 is 17.0 Å². The van der Waals surface area contributed by atoms with Crippen LogP contribution in [0.25, 0.3) is 0 Å². The monoisotopic (exact) mass is 433 g/mol. The van der Waals surface area contributed by atoms with Gasteiger partial charge in [0.1, 0.15) is 18.5 Å². The van der Waals surface area contributed by atoms with Crippen LogP contribution < -0.4 is 15.0 Å². The summed E-state index contributed by atoms with van der Waals surface area (Å²) in [5, 5.41) is 10.0. The van der Waals surface area contributed by atoms with Crippen LogP contribution in [0.5, 0.6) is 5.75 Å². The third-order valence-electron chi connectivity index (χ3n) is 3.35. The van der Waals surface area contributed by atoms with Crippen molar-refractivity contribution in [2.45, 2.75) is 19.1 Å². The van der Waals surface area contributed by atoms with Gasteiger partial charge in [-0.25, -0.2) is 4.57 Å². The van der Waals surface area contributed by atoms with Crippen molar-refractivity contribution in [3.8, 4) is 5.75 Å². The van der Waals surface area contributed by atoms with E-state index in [2.05, 4.69) is 0 Å². The molecule has 0 aliphatic carbocycles. The van der Waals surface area contributed by atoms with E-state index in [9.17, 15) is 13.5 Å². The lowest BCUT2D eigenvalue weighted by atomic mass is 10.2. The molecule has 0 fully saturated rings. The van der Waals surface area contributed by atoms with Crippen LogP contribution in [0.1, 0.15) is 5.56 Å². The van der Waals surface area contributed by atoms with Gasteiger partial charge in [-0.1, -0.05) is 0 Å². The molecule has 138 valence electrons. The molecular formula is C16H22BrN2O5S+. The highest BCUT2D eigenvalue weighted by atomic mass is 79.9. The number of hydrogen-bond donors (Lipinski definition) is 3. The van der Waals surface area contributed by atoms with Crippen molar-refractivity contribution in [3.05, 3.63) is 54.4 Å². The van der Waals surface area contributed by atoms with Crippen LogP contribution in [0.3, 0.4) is 0 Å². The number of aliphatic hydroxyl groups is 1. The second-order valence-electron chi connectivity index (χ2n) is 5.47. The van der Waals surface area contributed by atoms with Gasteiger partial charge in [0.2, 0.25) is 0 Å². The molecule has 0 spiro atoms. The summed E-state index contributed by atoms with van der Waals surface area (Å²) in [6.45, 7) is 0.481. The number of aryl methyl sites for hydroxylation is 1. The molecule has 0 aliphatic heterocycles. The van der Waals surface area contributed by atoms with Crippen molar-refractivity contribution in [1.29, 1.82) is 0 Å². The van der Waals surface area contributed by atoms with E-state index in [4.69, 9.17) is 15.0 Å². The second-order valence-corrected chi connectivity index (χ2v) is 7.05. The zero-order valence-electron chi connectivity index (χ0n) is 13.5. The minimum atomic E-state index is -3.96. The summed E-state index contributed by atoms with van der Waals surface area (Å²) in [7, 11) is -3.96. The predicted molar refractivity (Wildman–Crippen MR) is 99.4 cm³/mol. The lowest BCUT2D eigenvalue weighted by molar-refractivity contribution is -0.703. The highest BCUT2D eigenvalue weighted by Gasteiger charge is 2.12. The zero-order valence-corrected chi connectivity index (χ0v) is 16.0. The van der Waals surface area contributed by atoms with Gasteiger partial charge in [-0.05, 0) is 36.2 Å². The number of nitrogen functional groups attached to an aromatic ring is 1. The standard InChI is InChI=1S/C16H20N2O5S.BrH/c17-14-1-3-16(4-2-14)23-12-15(19)11-18-8-5-13(6-9-18)7-10-24(20,21)22;/h1-6,8-9,15,19H,7,10-12,17H2;1H/p+1. The van der Waals surface area contributed by atoms with Crippen molar-refractivity contribution in [1.82, 2.24) is 0 Å². The van der Waals surface area contributed by atoms with Gasteiger partial charge in [0.15, 0.2) is 18.9 Å². The number of halogens is 1. The normalized spacial score (nSPS) is 12.2. The fraction of sp³-hybridized carbons (Fsp3) is 0.312. The topological polar surface area (TPSA) is 114 Å². The van der Waals surface area contributed by atoms with Gasteiger partial charge in [0.05, 0.1) is 5.75 Å². The van der Waals surface area contributed by atoms with E-state index in [1.54, 1.807) is 53.4 Å². The smallest absolute Gasteiger partial charge is 0.265 e. The molecule has 9 heteroatoms. The number of hydrogen-bond acceptors (Lipinski definition) is 5. The van der Waals surface area contributed by atoms with Crippen molar-refractivity contribution in [2.24, 2.45) is 0 Å². The third-order valence-corrected chi connectivity index (χ3v) is 4.07. The number of nitrogens with zero attached hydrogens (tertiary/aromatic N) is 1. The summed E-state index contributed by atoms with van der Waals surface area (Å²) in [4.78, 5) is 0. The molecule has 0 saturated heterocycles. The van der Waals surface area contributed by atoms with Gasteiger partial charge in [0, 0.05) is 17.8 Å². The van der Waals surface area contributed by atoms with Crippen molar-refractivity contribution >= 4 is 32.8 Å². The first-order valence-corrected chi connectivity index (χ1v) is 9.02. The molecule has 1 atom stereocenters. The Kier molecular flexibility index (Phi) is 8.30. The maximum atomic E-state index is 10.7. The summed E-state index contributed by atoms with van der Waals surface area (Å²) in [5.41, 5.74) is 7.02. The van der Waals surface area contributed by atoms with Crippen molar-refractivity contribution in [3.63, 3.8) is 0 Å². The quantitative estimate of drug-likeness (QED) is 0.325. The first kappa shape index (κ1) is 21.4. The summed E-state index contributed by atoms with van der Waals surface area (Å²) in [6.07, 6.45) is 3.02. The van der Waals surface area contributed by atoms with E-state index < -0.39 is 16.2 Å². The molecule has 0 saturated carbocycles. The average Bonchev–Trinajstić information content (AvgIpc) is 2.53. The number of ether oxygens (including phenoxy) is 1. The molecule has 2 rings (SSSR count). The first-order chi connectivity index (χ1) is 11.3. The highest BCUT2D eigenvalue weighted by Crippen LogP contribution is 2.13. The summed E-state index contributed by atoms with van der Waals surface area (Å²) in [5.74, 6) is 0.323. The Labute approximate surface area is 157 Å². The number of aromatic nitrogens is 1. The number of pyridine rings is 1. The number of rotatable bonds is 8. The molecule has 2 aromatic rings. The Morgan fingerprint density at radius 2 is 1.72 bits per heavy atom. The number of benzene rings is 1. The van der Waals surface area contributed by atoms with E-state index in [1.165, 1.54) is 0 Å².